The smallest absolute Gasteiger partial charge is 0.328 e. The first-order chi connectivity index (χ1) is 8.38. The number of methoxy groups -OCH3 is 1. The van der Waals surface area contributed by atoms with Crippen molar-refractivity contribution in [2.24, 2.45) is 0 Å². The largest absolute Gasteiger partial charge is 0.468 e. The number of esters is 1. The Kier molecular flexibility index (Phi) is 4.16. The molecule has 0 N–H and O–H groups in total. The number of ether oxygens (including phenoxy) is 1. The number of halogens is 1. The normalized spacial score (nSPS) is 11.7. The Morgan fingerprint density at radius 3 is 2.39 bits per heavy atom. The van der Waals surface area contributed by atoms with Gasteiger partial charge >= 0.3 is 5.97 Å². The highest BCUT2D eigenvalue weighted by molar-refractivity contribution is 6.30. The Labute approximate surface area is 105 Å². The van der Waals surface area contributed by atoms with Crippen molar-refractivity contribution in [3.8, 4) is 0 Å². The van der Waals surface area contributed by atoms with Crippen LogP contribution in [0.3, 0.4) is 0 Å². The molecule has 0 aromatic heterocycles. The maximum absolute atomic E-state index is 11.2. The number of hydrogen-bond acceptors (Lipinski definition) is 6. The van der Waals surface area contributed by atoms with Gasteiger partial charge < -0.3 is 4.74 Å². The van der Waals surface area contributed by atoms with Crippen LogP contribution in [-0.4, -0.2) is 22.9 Å². The standard InChI is InChI=1S/C9H7ClN2O6/c1-18-9(13)8(10)6-3-2-5(11(14)15)4-7(6)12(16)17/h2-4,8H,1H3. The minimum atomic E-state index is -1.39. The molecule has 8 nitrogen and oxygen atoms in total. The summed E-state index contributed by atoms with van der Waals surface area (Å²) in [5, 5.41) is 19.9. The van der Waals surface area contributed by atoms with Crippen LogP contribution >= 0.6 is 11.6 Å². The summed E-state index contributed by atoms with van der Waals surface area (Å²) in [6.45, 7) is 0. The number of non-ortho nitro benzene ring substituents is 1. The Morgan fingerprint density at radius 2 is 1.94 bits per heavy atom. The quantitative estimate of drug-likeness (QED) is 0.359. The first-order valence-electron chi connectivity index (χ1n) is 4.53. The molecule has 0 fully saturated rings. The second-order valence-corrected chi connectivity index (χ2v) is 3.58. The zero-order chi connectivity index (χ0) is 13.9. The number of carbonyl (C=O) groups excluding carboxylic acids is 1. The van der Waals surface area contributed by atoms with Crippen molar-refractivity contribution in [2.45, 2.75) is 5.38 Å². The molecule has 1 unspecified atom stereocenters. The van der Waals surface area contributed by atoms with Gasteiger partial charge in [-0.05, 0) is 6.07 Å². The lowest BCUT2D eigenvalue weighted by atomic mass is 10.1. The SMILES string of the molecule is COC(=O)C(Cl)c1ccc([N+](=O)[O-])cc1[N+](=O)[O-]. The third kappa shape index (κ3) is 2.72. The van der Waals surface area contributed by atoms with Crippen LogP contribution in [0.15, 0.2) is 18.2 Å². The van der Waals surface area contributed by atoms with E-state index in [-0.39, 0.29) is 5.56 Å². The fourth-order valence-electron chi connectivity index (χ4n) is 1.25. The molecule has 0 saturated carbocycles. The zero-order valence-corrected chi connectivity index (χ0v) is 9.79. The Bertz CT molecular complexity index is 518. The van der Waals surface area contributed by atoms with Crippen LogP contribution in [0.5, 0.6) is 0 Å². The van der Waals surface area contributed by atoms with Crippen molar-refractivity contribution in [3.63, 3.8) is 0 Å². The molecule has 0 saturated heterocycles. The van der Waals surface area contributed by atoms with Crippen LogP contribution in [0.4, 0.5) is 11.4 Å². The molecule has 9 heteroatoms. The summed E-state index contributed by atoms with van der Waals surface area (Å²) >= 11 is 5.69. The maximum Gasteiger partial charge on any atom is 0.328 e. The summed E-state index contributed by atoms with van der Waals surface area (Å²) in [5.41, 5.74) is -1.21. The molecule has 0 amide bonds. The lowest BCUT2D eigenvalue weighted by Gasteiger charge is -2.07. The molecular weight excluding hydrogens is 268 g/mol. The lowest BCUT2D eigenvalue weighted by Crippen LogP contribution is -2.10. The second kappa shape index (κ2) is 5.41. The van der Waals surface area contributed by atoms with Gasteiger partial charge in [-0.25, -0.2) is 0 Å². The van der Waals surface area contributed by atoms with E-state index in [1.165, 1.54) is 0 Å². The number of nitrogens with zero attached hydrogens (tertiary/aromatic N) is 2. The molecule has 0 bridgehead atoms. The molecule has 0 radical (unpaired) electrons. The minimum Gasteiger partial charge on any atom is -0.468 e. The lowest BCUT2D eigenvalue weighted by molar-refractivity contribution is -0.394. The molecule has 0 aliphatic heterocycles. The first-order valence-corrected chi connectivity index (χ1v) is 4.96. The topological polar surface area (TPSA) is 113 Å². The van der Waals surface area contributed by atoms with Crippen molar-refractivity contribution >= 4 is 28.9 Å². The molecule has 1 atom stereocenters. The Hall–Kier alpha value is -2.22. The van der Waals surface area contributed by atoms with Crippen molar-refractivity contribution < 1.29 is 19.4 Å². The fourth-order valence-corrected chi connectivity index (χ4v) is 1.52. The summed E-state index contributed by atoms with van der Waals surface area (Å²) in [4.78, 5) is 30.9. The van der Waals surface area contributed by atoms with Gasteiger partial charge in [-0.15, -0.1) is 11.6 Å². The van der Waals surface area contributed by atoms with Crippen molar-refractivity contribution in [3.05, 3.63) is 44.0 Å². The number of rotatable bonds is 4. The van der Waals surface area contributed by atoms with Crippen LogP contribution < -0.4 is 0 Å². The van der Waals surface area contributed by atoms with Gasteiger partial charge in [0.05, 0.1) is 28.6 Å². The van der Waals surface area contributed by atoms with Crippen molar-refractivity contribution in [1.29, 1.82) is 0 Å². The number of benzene rings is 1. The van der Waals surface area contributed by atoms with E-state index in [2.05, 4.69) is 4.74 Å². The van der Waals surface area contributed by atoms with Gasteiger partial charge in [0.25, 0.3) is 11.4 Å². The van der Waals surface area contributed by atoms with Crippen LogP contribution in [0.25, 0.3) is 0 Å². The van der Waals surface area contributed by atoms with Crippen LogP contribution in [0, 0.1) is 20.2 Å². The zero-order valence-electron chi connectivity index (χ0n) is 9.03. The number of hydrogen-bond donors (Lipinski definition) is 0. The van der Waals surface area contributed by atoms with Gasteiger partial charge in [0.15, 0.2) is 5.38 Å². The van der Waals surface area contributed by atoms with Crippen LogP contribution in [-0.2, 0) is 9.53 Å². The number of alkyl halides is 1. The van der Waals surface area contributed by atoms with E-state index in [0.29, 0.717) is 0 Å². The monoisotopic (exact) mass is 274 g/mol. The van der Waals surface area contributed by atoms with Crippen molar-refractivity contribution in [1.82, 2.24) is 0 Å². The summed E-state index contributed by atoms with van der Waals surface area (Å²) in [7, 11) is 1.08. The molecule has 18 heavy (non-hydrogen) atoms. The van der Waals surface area contributed by atoms with Crippen molar-refractivity contribution in [2.75, 3.05) is 7.11 Å². The van der Waals surface area contributed by atoms with Gasteiger partial charge in [0.2, 0.25) is 0 Å². The van der Waals surface area contributed by atoms with E-state index in [1.54, 1.807) is 0 Å². The molecule has 1 aromatic carbocycles. The summed E-state index contributed by atoms with van der Waals surface area (Å²) < 4.78 is 4.35. The van der Waals surface area contributed by atoms with Gasteiger partial charge in [-0.2, -0.15) is 0 Å². The highest BCUT2D eigenvalue weighted by atomic mass is 35.5. The Balaban J connectivity index is 3.32. The highest BCUT2D eigenvalue weighted by Crippen LogP contribution is 2.33. The van der Waals surface area contributed by atoms with Crippen LogP contribution in [0.2, 0.25) is 0 Å². The summed E-state index contributed by atoms with van der Waals surface area (Å²) in [6, 6.07) is 2.83. The molecule has 0 spiro atoms. The van der Waals surface area contributed by atoms with Gasteiger partial charge in [-0.1, -0.05) is 0 Å². The van der Waals surface area contributed by atoms with Gasteiger partial charge in [0.1, 0.15) is 0 Å². The van der Waals surface area contributed by atoms with Crippen LogP contribution in [0.1, 0.15) is 10.9 Å². The van der Waals surface area contributed by atoms with E-state index >= 15 is 0 Å². The average molecular weight is 275 g/mol. The summed E-state index contributed by atoms with van der Waals surface area (Å²) in [5.74, 6) is -0.881. The fraction of sp³-hybridized carbons (Fsp3) is 0.222. The summed E-state index contributed by atoms with van der Waals surface area (Å²) in [6.07, 6.45) is 0. The Morgan fingerprint density at radius 1 is 1.33 bits per heavy atom. The highest BCUT2D eigenvalue weighted by Gasteiger charge is 2.28. The van der Waals surface area contributed by atoms with E-state index in [4.69, 9.17) is 11.6 Å². The van der Waals surface area contributed by atoms with Gasteiger partial charge in [-0.3, -0.25) is 25.0 Å². The predicted octanol–water partition coefficient (Wildman–Crippen LogP) is 1.96. The number of carbonyl (C=O) groups is 1. The van der Waals surface area contributed by atoms with E-state index in [0.717, 1.165) is 25.3 Å². The van der Waals surface area contributed by atoms with E-state index in [1.807, 2.05) is 0 Å². The van der Waals surface area contributed by atoms with E-state index < -0.39 is 32.6 Å². The predicted molar refractivity (Wildman–Crippen MR) is 60.4 cm³/mol. The third-order valence-electron chi connectivity index (χ3n) is 2.10. The second-order valence-electron chi connectivity index (χ2n) is 3.14. The number of nitro groups is 2. The number of nitro benzene ring substituents is 2. The molecule has 1 aromatic rings. The molecular formula is C9H7ClN2O6. The van der Waals surface area contributed by atoms with E-state index in [9.17, 15) is 25.0 Å². The molecule has 0 aliphatic carbocycles. The minimum absolute atomic E-state index is 0.154. The average Bonchev–Trinajstić information content (AvgIpc) is 2.35. The molecule has 0 heterocycles. The molecule has 96 valence electrons. The molecule has 0 aliphatic rings. The molecule has 1 rings (SSSR count). The third-order valence-corrected chi connectivity index (χ3v) is 2.52. The first kappa shape index (κ1) is 13.8. The van der Waals surface area contributed by atoms with Gasteiger partial charge in [0, 0.05) is 6.07 Å². The maximum atomic E-state index is 11.2.